The number of pyridine rings is 1. The molecule has 2 amide bonds. The van der Waals surface area contributed by atoms with Crippen LogP contribution in [-0.4, -0.2) is 64.1 Å². The van der Waals surface area contributed by atoms with E-state index >= 15 is 0 Å². The standard InChI is InChI=1S/C11H15N2O8P.C4H8N2O3/c12-10(16)6-2-1-3-13(4-6)11-9(15)8(14)7(21-11)5-20-22(17,18)19;5-2(4(8)9)1-3(6)7/h1-4,7-9,11,14-15H,5H2,(H3-,12,16,17,18,19);2H,1,5H2,(H2,6,7)(H,8,9)/t7-,8-,9-,11-;2-/m10/s1. The minimum absolute atomic E-state index is 0.149. The summed E-state index contributed by atoms with van der Waals surface area (Å²) < 4.78 is 21.1. The molecule has 1 fully saturated rings. The number of aromatic nitrogens is 1. The number of carbonyl (C=O) groups excluding carboxylic acids is 2. The normalized spacial score (nSPS) is 24.0. The lowest BCUT2D eigenvalue weighted by Crippen LogP contribution is -2.65. The Morgan fingerprint density at radius 3 is 2.35 bits per heavy atom. The Balaban J connectivity index is 0.000000452. The van der Waals surface area contributed by atoms with Crippen LogP contribution in [0.3, 0.4) is 0 Å². The zero-order valence-corrected chi connectivity index (χ0v) is 16.9. The Kier molecular flexibility index (Phi) is 9.61. The Morgan fingerprint density at radius 1 is 1.29 bits per heavy atom. The fourth-order valence-corrected chi connectivity index (χ4v) is 2.73. The van der Waals surface area contributed by atoms with Crippen LogP contribution < -0.4 is 31.6 Å². The lowest BCUT2D eigenvalue weighted by Gasteiger charge is -2.30. The van der Waals surface area contributed by atoms with Gasteiger partial charge >= 0.3 is 5.97 Å². The predicted octanol–water partition coefficient (Wildman–Crippen LogP) is -5.91. The Labute approximate surface area is 175 Å². The second kappa shape index (κ2) is 11.2. The number of phosphoric ester groups is 1. The van der Waals surface area contributed by atoms with Crippen LogP contribution in [0.1, 0.15) is 23.0 Å². The molecule has 15 nitrogen and oxygen atoms in total. The van der Waals surface area contributed by atoms with Crippen molar-refractivity contribution < 1.29 is 63.6 Å². The molecule has 0 saturated carbocycles. The van der Waals surface area contributed by atoms with Crippen LogP contribution in [0.2, 0.25) is 0 Å². The van der Waals surface area contributed by atoms with Crippen molar-refractivity contribution in [2.24, 2.45) is 11.5 Å². The summed E-state index contributed by atoms with van der Waals surface area (Å²) in [6.45, 7) is -0.727. The van der Waals surface area contributed by atoms with Crippen LogP contribution in [0, 0.1) is 0 Å². The number of aliphatic hydroxyl groups is 2. The van der Waals surface area contributed by atoms with Gasteiger partial charge < -0.3 is 56.1 Å². The summed E-state index contributed by atoms with van der Waals surface area (Å²) in [6.07, 6.45) is -2.64. The van der Waals surface area contributed by atoms with Crippen LogP contribution in [0.15, 0.2) is 24.5 Å². The molecule has 1 aliphatic rings. The molecule has 2 heterocycles. The fraction of sp³-hybridized carbons (Fsp3) is 0.467. The zero-order valence-electron chi connectivity index (χ0n) is 16.0. The molecule has 174 valence electrons. The lowest BCUT2D eigenvalue weighted by molar-refractivity contribution is -0.765. The average molecular weight is 466 g/mol. The van der Waals surface area contributed by atoms with Crippen LogP contribution in [0.4, 0.5) is 0 Å². The molecule has 1 aliphatic heterocycles. The highest BCUT2D eigenvalue weighted by Gasteiger charge is 2.48. The molecule has 1 aromatic heterocycles. The fourth-order valence-electron chi connectivity index (χ4n) is 2.40. The molecule has 0 unspecified atom stereocenters. The van der Waals surface area contributed by atoms with Gasteiger partial charge in [0.1, 0.15) is 17.8 Å². The van der Waals surface area contributed by atoms with Gasteiger partial charge in [0.25, 0.3) is 12.1 Å². The van der Waals surface area contributed by atoms with Gasteiger partial charge in [-0.1, -0.05) is 0 Å². The first kappa shape index (κ1) is 26.5. The van der Waals surface area contributed by atoms with E-state index in [-0.39, 0.29) is 12.0 Å². The number of primary amides is 2. The summed E-state index contributed by atoms with van der Waals surface area (Å²) in [5.41, 5.74) is 13.2. The van der Waals surface area contributed by atoms with Crippen molar-refractivity contribution in [2.45, 2.75) is 37.0 Å². The minimum Gasteiger partial charge on any atom is -0.790 e. The number of carboxylic acid groups (broad SMARTS) is 1. The van der Waals surface area contributed by atoms with E-state index in [9.17, 15) is 38.9 Å². The van der Waals surface area contributed by atoms with Crippen molar-refractivity contribution in [3.63, 3.8) is 0 Å². The number of amides is 2. The molecule has 5 atom stereocenters. The topological polar surface area (TPSA) is 277 Å². The van der Waals surface area contributed by atoms with Gasteiger partial charge in [0.15, 0.2) is 24.5 Å². The number of quaternary nitrogens is 1. The number of rotatable bonds is 8. The molecule has 1 aromatic rings. The molecule has 16 heteroatoms. The number of aliphatic hydroxyl groups excluding tert-OH is 2. The Bertz CT molecular complexity index is 848. The summed E-state index contributed by atoms with van der Waals surface area (Å²) in [7, 11) is -5.22. The Hall–Kier alpha value is -2.49. The summed E-state index contributed by atoms with van der Waals surface area (Å²) in [6, 6.07) is 2.01. The SMILES string of the molecule is NC(=O)C[C@H]([NH3+])C(=O)O.NC(=O)c1ccc[n+]([C@@H]2O[C@H](COP(=O)([O-])[O-])[C@@H](O)[C@H]2O)c1. The first-order valence-corrected chi connectivity index (χ1v) is 10.0. The number of hydrogen-bond donors (Lipinski definition) is 6. The number of ether oxygens (including phenoxy) is 1. The lowest BCUT2D eigenvalue weighted by atomic mass is 10.1. The molecule has 0 spiro atoms. The highest BCUT2D eigenvalue weighted by molar-refractivity contribution is 7.43. The Morgan fingerprint density at radius 2 is 1.90 bits per heavy atom. The van der Waals surface area contributed by atoms with Gasteiger partial charge in [0.2, 0.25) is 5.91 Å². The smallest absolute Gasteiger partial charge is 0.362 e. The third-order valence-corrected chi connectivity index (χ3v) is 4.40. The van der Waals surface area contributed by atoms with Crippen molar-refractivity contribution in [3.05, 3.63) is 30.1 Å². The number of carboxylic acids is 1. The number of aliphatic carboxylic acids is 1. The third kappa shape index (κ3) is 8.64. The number of hydrogen-bond acceptors (Lipinski definition) is 10. The van der Waals surface area contributed by atoms with E-state index in [1.165, 1.54) is 29.1 Å². The van der Waals surface area contributed by atoms with Gasteiger partial charge in [0, 0.05) is 6.07 Å². The van der Waals surface area contributed by atoms with E-state index < -0.39 is 62.8 Å². The largest absolute Gasteiger partial charge is 0.790 e. The molecule has 2 rings (SSSR count). The van der Waals surface area contributed by atoms with Crippen molar-refractivity contribution in [1.29, 1.82) is 0 Å². The molecular formula is C15H23N4O11P. The first-order valence-electron chi connectivity index (χ1n) is 8.56. The van der Waals surface area contributed by atoms with Gasteiger partial charge in [0.05, 0.1) is 20.9 Å². The van der Waals surface area contributed by atoms with Gasteiger partial charge in [-0.25, -0.2) is 4.79 Å². The quantitative estimate of drug-likeness (QED) is 0.155. The maximum atomic E-state index is 11.1. The molecular weight excluding hydrogens is 443 g/mol. The molecule has 0 radical (unpaired) electrons. The van der Waals surface area contributed by atoms with Crippen LogP contribution in [0.25, 0.3) is 0 Å². The molecule has 10 N–H and O–H groups in total. The number of nitrogens with zero attached hydrogens (tertiary/aromatic N) is 1. The number of nitrogens with two attached hydrogens (primary N) is 2. The molecule has 1 saturated heterocycles. The van der Waals surface area contributed by atoms with E-state index in [1.54, 1.807) is 0 Å². The van der Waals surface area contributed by atoms with Crippen molar-refractivity contribution in [1.82, 2.24) is 0 Å². The second-order valence-corrected chi connectivity index (χ2v) is 7.55. The molecule has 0 aliphatic carbocycles. The highest BCUT2D eigenvalue weighted by Crippen LogP contribution is 2.30. The second-order valence-electron chi connectivity index (χ2n) is 6.40. The van der Waals surface area contributed by atoms with Gasteiger partial charge in [-0.3, -0.25) is 9.59 Å². The summed E-state index contributed by atoms with van der Waals surface area (Å²) in [5.74, 6) is -2.44. The summed E-state index contributed by atoms with van der Waals surface area (Å²) >= 11 is 0. The van der Waals surface area contributed by atoms with Gasteiger partial charge in [-0.05, 0) is 6.07 Å². The van der Waals surface area contributed by atoms with Crippen molar-refractivity contribution in [2.75, 3.05) is 6.61 Å². The maximum absolute atomic E-state index is 11.1. The van der Waals surface area contributed by atoms with E-state index in [4.69, 9.17) is 15.6 Å². The first-order chi connectivity index (χ1) is 14.2. The highest BCUT2D eigenvalue weighted by atomic mass is 31.2. The van der Waals surface area contributed by atoms with Crippen LogP contribution >= 0.6 is 7.82 Å². The van der Waals surface area contributed by atoms with Crippen LogP contribution in [-0.2, 0) is 23.4 Å². The number of phosphoric acid groups is 1. The summed E-state index contributed by atoms with van der Waals surface area (Å²) in [4.78, 5) is 52.0. The van der Waals surface area contributed by atoms with Gasteiger partial charge in [-0.2, -0.15) is 4.57 Å². The zero-order chi connectivity index (χ0) is 23.9. The molecule has 0 aromatic carbocycles. The van der Waals surface area contributed by atoms with Crippen molar-refractivity contribution in [3.8, 4) is 0 Å². The van der Waals surface area contributed by atoms with E-state index in [0.717, 1.165) is 0 Å². The van der Waals surface area contributed by atoms with E-state index in [0.29, 0.717) is 0 Å². The van der Waals surface area contributed by atoms with Crippen LogP contribution in [0.5, 0.6) is 0 Å². The number of carbonyl (C=O) groups is 3. The van der Waals surface area contributed by atoms with Crippen molar-refractivity contribution >= 4 is 25.6 Å². The summed E-state index contributed by atoms with van der Waals surface area (Å²) in [5, 5.41) is 27.9. The monoisotopic (exact) mass is 466 g/mol. The molecule has 31 heavy (non-hydrogen) atoms. The average Bonchev–Trinajstić information content (AvgIpc) is 2.94. The molecule has 0 bridgehead atoms. The van der Waals surface area contributed by atoms with Gasteiger partial charge in [-0.15, -0.1) is 0 Å². The van der Waals surface area contributed by atoms with E-state index in [2.05, 4.69) is 16.0 Å². The minimum atomic E-state index is -5.22. The predicted molar refractivity (Wildman–Crippen MR) is 92.8 cm³/mol. The third-order valence-electron chi connectivity index (χ3n) is 3.93. The van der Waals surface area contributed by atoms with E-state index in [1.807, 2.05) is 0 Å². The maximum Gasteiger partial charge on any atom is 0.362 e.